The summed E-state index contributed by atoms with van der Waals surface area (Å²) in [6.45, 7) is 5.42. The number of piperidine rings is 1. The van der Waals surface area contributed by atoms with Gasteiger partial charge in [0.2, 0.25) is 5.91 Å². The van der Waals surface area contributed by atoms with Crippen molar-refractivity contribution < 1.29 is 9.90 Å². The molecule has 2 aliphatic rings. The summed E-state index contributed by atoms with van der Waals surface area (Å²) in [5.74, 6) is 0.456. The lowest BCUT2D eigenvalue weighted by molar-refractivity contribution is -0.148. The van der Waals surface area contributed by atoms with E-state index >= 15 is 0 Å². The van der Waals surface area contributed by atoms with E-state index < -0.39 is 5.60 Å². The molecule has 128 valence electrons. The molecule has 1 aliphatic heterocycles. The van der Waals surface area contributed by atoms with Crippen molar-refractivity contribution in [3.8, 4) is 0 Å². The molecule has 0 unspecified atom stereocenters. The number of amides is 1. The predicted octanol–water partition coefficient (Wildman–Crippen LogP) is 1.41. The Morgan fingerprint density at radius 3 is 2.96 bits per heavy atom. The molecular weight excluding hydrogens is 294 g/mol. The molecule has 1 aromatic heterocycles. The molecule has 1 N–H and O–H groups in total. The minimum atomic E-state index is -0.560. The van der Waals surface area contributed by atoms with E-state index in [4.69, 9.17) is 0 Å². The van der Waals surface area contributed by atoms with Crippen LogP contribution >= 0.6 is 0 Å². The van der Waals surface area contributed by atoms with Crippen LogP contribution in [0.25, 0.3) is 0 Å². The van der Waals surface area contributed by atoms with Gasteiger partial charge in [-0.3, -0.25) is 4.79 Å². The molecule has 2 fully saturated rings. The van der Waals surface area contributed by atoms with Crippen LogP contribution in [0.4, 0.5) is 0 Å². The van der Waals surface area contributed by atoms with Gasteiger partial charge in [0.15, 0.2) is 0 Å². The number of fused-ring (bicyclic) bond motifs is 1. The van der Waals surface area contributed by atoms with Crippen LogP contribution < -0.4 is 0 Å². The first-order chi connectivity index (χ1) is 11.0. The molecular formula is C16H27N5O2. The first-order valence-electron chi connectivity index (χ1n) is 8.79. The fourth-order valence-electron chi connectivity index (χ4n) is 4.09. The molecule has 7 heteroatoms. The van der Waals surface area contributed by atoms with Gasteiger partial charge in [0, 0.05) is 19.0 Å². The Labute approximate surface area is 137 Å². The minimum Gasteiger partial charge on any atom is -0.389 e. The smallest absolute Gasteiger partial charge is 0.247 e. The second kappa shape index (κ2) is 6.55. The number of tetrazole rings is 1. The summed E-state index contributed by atoms with van der Waals surface area (Å²) >= 11 is 0. The maximum absolute atomic E-state index is 13.1. The Morgan fingerprint density at radius 2 is 2.26 bits per heavy atom. The molecule has 1 amide bonds. The van der Waals surface area contributed by atoms with Gasteiger partial charge in [-0.15, -0.1) is 5.10 Å². The average Bonchev–Trinajstić information content (AvgIpc) is 3.07. The summed E-state index contributed by atoms with van der Waals surface area (Å²) in [6, 6.07) is -0.357. The number of hydrogen-bond donors (Lipinski definition) is 1. The highest BCUT2D eigenvalue weighted by Crippen LogP contribution is 2.40. The number of hydrogen-bond acceptors (Lipinski definition) is 5. The van der Waals surface area contributed by atoms with E-state index in [-0.39, 0.29) is 23.8 Å². The number of aliphatic hydroxyl groups is 1. The van der Waals surface area contributed by atoms with E-state index in [1.54, 1.807) is 4.68 Å². The highest BCUT2D eigenvalue weighted by Gasteiger charge is 2.45. The Kier molecular flexibility index (Phi) is 4.66. The monoisotopic (exact) mass is 321 g/mol. The lowest BCUT2D eigenvalue weighted by atomic mass is 9.71. The summed E-state index contributed by atoms with van der Waals surface area (Å²) < 4.78 is 1.58. The fraction of sp³-hybridized carbons (Fsp3) is 0.875. The first-order valence-corrected chi connectivity index (χ1v) is 8.79. The molecule has 23 heavy (non-hydrogen) atoms. The van der Waals surface area contributed by atoms with E-state index in [9.17, 15) is 9.90 Å². The Bertz CT molecular complexity index is 535. The molecule has 0 bridgehead atoms. The highest BCUT2D eigenvalue weighted by molar-refractivity contribution is 5.80. The zero-order valence-corrected chi connectivity index (χ0v) is 14.1. The standard InChI is InChI=1S/C16H27N5O2/c1-3-12(2)14(21-11-17-18-19-21)15(22)20-9-8-16(23)7-5-4-6-13(16)10-20/h11-14,23H,3-10H2,1-2H3/t12-,13-,14-,16+/m0/s1. The molecule has 2 heterocycles. The molecule has 1 aromatic rings. The van der Waals surface area contributed by atoms with Crippen LogP contribution in [0.3, 0.4) is 0 Å². The second-order valence-electron chi connectivity index (χ2n) is 7.20. The van der Waals surface area contributed by atoms with Crippen molar-refractivity contribution in [3.05, 3.63) is 6.33 Å². The van der Waals surface area contributed by atoms with E-state index in [0.29, 0.717) is 19.5 Å². The first kappa shape index (κ1) is 16.4. The fourth-order valence-corrected chi connectivity index (χ4v) is 4.09. The van der Waals surface area contributed by atoms with E-state index in [2.05, 4.69) is 29.4 Å². The number of likely N-dealkylation sites (tertiary alicyclic amines) is 1. The molecule has 0 radical (unpaired) electrons. The van der Waals surface area contributed by atoms with Crippen molar-refractivity contribution in [1.29, 1.82) is 0 Å². The molecule has 4 atom stereocenters. The number of carbonyl (C=O) groups is 1. The predicted molar refractivity (Wildman–Crippen MR) is 84.4 cm³/mol. The number of aromatic nitrogens is 4. The van der Waals surface area contributed by atoms with Gasteiger partial charge in [-0.25, -0.2) is 4.68 Å². The summed E-state index contributed by atoms with van der Waals surface area (Å²) in [6.07, 6.45) is 7.23. The summed E-state index contributed by atoms with van der Waals surface area (Å²) in [4.78, 5) is 15.0. The van der Waals surface area contributed by atoms with Crippen molar-refractivity contribution in [2.75, 3.05) is 13.1 Å². The van der Waals surface area contributed by atoms with Crippen molar-refractivity contribution in [1.82, 2.24) is 25.1 Å². The zero-order chi connectivity index (χ0) is 16.4. The third kappa shape index (κ3) is 3.11. The highest BCUT2D eigenvalue weighted by atomic mass is 16.3. The van der Waals surface area contributed by atoms with Crippen molar-refractivity contribution in [2.24, 2.45) is 11.8 Å². The molecule has 1 saturated carbocycles. The molecule has 0 aromatic carbocycles. The SMILES string of the molecule is CC[C@H](C)[C@@H](C(=O)N1CC[C@]2(O)CCCC[C@H]2C1)n1cnnn1. The number of nitrogens with zero attached hydrogens (tertiary/aromatic N) is 5. The van der Waals surface area contributed by atoms with Crippen LogP contribution in [0.1, 0.15) is 58.4 Å². The summed E-state index contributed by atoms with van der Waals surface area (Å²) in [7, 11) is 0. The molecule has 1 saturated heterocycles. The average molecular weight is 321 g/mol. The van der Waals surface area contributed by atoms with Crippen LogP contribution in [0.5, 0.6) is 0 Å². The summed E-state index contributed by atoms with van der Waals surface area (Å²) in [5, 5.41) is 22.1. The van der Waals surface area contributed by atoms with E-state index in [0.717, 1.165) is 32.1 Å². The van der Waals surface area contributed by atoms with Crippen LogP contribution in [0.15, 0.2) is 6.33 Å². The number of carbonyl (C=O) groups excluding carboxylic acids is 1. The third-order valence-electron chi connectivity index (χ3n) is 5.83. The zero-order valence-electron chi connectivity index (χ0n) is 14.1. The van der Waals surface area contributed by atoms with Crippen molar-refractivity contribution >= 4 is 5.91 Å². The maximum Gasteiger partial charge on any atom is 0.247 e. The Balaban J connectivity index is 1.76. The maximum atomic E-state index is 13.1. The van der Waals surface area contributed by atoms with Crippen LogP contribution in [0, 0.1) is 11.8 Å². The Morgan fingerprint density at radius 1 is 1.43 bits per heavy atom. The topological polar surface area (TPSA) is 84.1 Å². The van der Waals surface area contributed by atoms with Crippen LogP contribution in [-0.2, 0) is 4.79 Å². The second-order valence-corrected chi connectivity index (χ2v) is 7.20. The van der Waals surface area contributed by atoms with E-state index in [1.807, 2.05) is 4.90 Å². The van der Waals surface area contributed by atoms with Gasteiger partial charge < -0.3 is 10.0 Å². The van der Waals surface area contributed by atoms with E-state index in [1.165, 1.54) is 6.33 Å². The lowest BCUT2D eigenvalue weighted by Gasteiger charge is -2.48. The van der Waals surface area contributed by atoms with Crippen LogP contribution in [-0.4, -0.2) is 54.8 Å². The lowest BCUT2D eigenvalue weighted by Crippen LogP contribution is -2.56. The summed E-state index contributed by atoms with van der Waals surface area (Å²) in [5.41, 5.74) is -0.560. The van der Waals surface area contributed by atoms with Gasteiger partial charge >= 0.3 is 0 Å². The molecule has 1 aliphatic carbocycles. The minimum absolute atomic E-state index is 0.0827. The Hall–Kier alpha value is -1.50. The van der Waals surface area contributed by atoms with Gasteiger partial charge in [0.25, 0.3) is 0 Å². The van der Waals surface area contributed by atoms with Gasteiger partial charge in [0.05, 0.1) is 5.60 Å². The van der Waals surface area contributed by atoms with Crippen molar-refractivity contribution in [3.63, 3.8) is 0 Å². The molecule has 7 nitrogen and oxygen atoms in total. The largest absolute Gasteiger partial charge is 0.389 e. The quantitative estimate of drug-likeness (QED) is 0.906. The molecule has 0 spiro atoms. The van der Waals surface area contributed by atoms with Gasteiger partial charge in [-0.2, -0.15) is 0 Å². The third-order valence-corrected chi connectivity index (χ3v) is 5.83. The van der Waals surface area contributed by atoms with Crippen molar-refractivity contribution in [2.45, 2.75) is 64.0 Å². The number of rotatable bonds is 4. The molecule has 3 rings (SSSR count). The van der Waals surface area contributed by atoms with Gasteiger partial charge in [-0.1, -0.05) is 33.1 Å². The normalized spacial score (nSPS) is 30.6. The van der Waals surface area contributed by atoms with Gasteiger partial charge in [0.1, 0.15) is 12.4 Å². The van der Waals surface area contributed by atoms with Gasteiger partial charge in [-0.05, 0) is 35.6 Å². The van der Waals surface area contributed by atoms with Crippen LogP contribution in [0.2, 0.25) is 0 Å².